The first-order valence-corrected chi connectivity index (χ1v) is 8.72. The highest BCUT2D eigenvalue weighted by atomic mass is 16.6. The number of nitro benzene ring substituents is 1. The average molecular weight is 377 g/mol. The molecule has 0 aliphatic carbocycles. The molecule has 142 valence electrons. The zero-order chi connectivity index (χ0) is 19.8. The van der Waals surface area contributed by atoms with Crippen molar-refractivity contribution in [3.05, 3.63) is 99.7 Å². The van der Waals surface area contributed by atoms with Crippen LogP contribution in [-0.2, 0) is 24.4 Å². The van der Waals surface area contributed by atoms with Crippen LogP contribution in [0.3, 0.4) is 0 Å². The molecule has 1 aromatic heterocycles. The van der Waals surface area contributed by atoms with E-state index in [4.69, 9.17) is 4.74 Å². The van der Waals surface area contributed by atoms with E-state index in [0.717, 1.165) is 11.1 Å². The maximum absolute atomic E-state index is 12.1. The number of hydrogen-bond donors (Lipinski definition) is 1. The highest BCUT2D eigenvalue weighted by Gasteiger charge is 2.08. The lowest BCUT2D eigenvalue weighted by Gasteiger charge is -2.08. The van der Waals surface area contributed by atoms with Crippen molar-refractivity contribution in [2.45, 2.75) is 19.6 Å². The maximum Gasteiger partial charge on any atom is 0.269 e. The SMILES string of the molecule is O=C(Cc1ccc([N+](=O)[O-])cc1)NCc1ccnc(OCc2ccccc2)c1. The third kappa shape index (κ3) is 5.63. The minimum atomic E-state index is -0.468. The molecule has 3 rings (SSSR count). The molecule has 0 unspecified atom stereocenters. The van der Waals surface area contributed by atoms with Gasteiger partial charge in [0.25, 0.3) is 5.69 Å². The summed E-state index contributed by atoms with van der Waals surface area (Å²) in [5, 5.41) is 13.5. The molecule has 28 heavy (non-hydrogen) atoms. The number of rotatable bonds is 8. The summed E-state index contributed by atoms with van der Waals surface area (Å²) in [4.78, 5) is 26.5. The van der Waals surface area contributed by atoms with Crippen LogP contribution in [0.15, 0.2) is 72.9 Å². The Labute approximate surface area is 162 Å². The molecule has 1 amide bonds. The lowest BCUT2D eigenvalue weighted by atomic mass is 10.1. The Morgan fingerprint density at radius 3 is 2.46 bits per heavy atom. The van der Waals surface area contributed by atoms with E-state index in [0.29, 0.717) is 24.6 Å². The van der Waals surface area contributed by atoms with Crippen LogP contribution in [0, 0.1) is 10.1 Å². The van der Waals surface area contributed by atoms with Crippen LogP contribution >= 0.6 is 0 Å². The lowest BCUT2D eigenvalue weighted by Crippen LogP contribution is -2.24. The van der Waals surface area contributed by atoms with E-state index < -0.39 is 4.92 Å². The molecule has 0 aliphatic heterocycles. The Kier molecular flexibility index (Phi) is 6.30. The molecule has 0 saturated heterocycles. The first-order valence-electron chi connectivity index (χ1n) is 8.72. The van der Waals surface area contributed by atoms with Gasteiger partial charge in [0, 0.05) is 30.9 Å². The Bertz CT molecular complexity index is 943. The van der Waals surface area contributed by atoms with Crippen LogP contribution in [0.2, 0.25) is 0 Å². The Morgan fingerprint density at radius 1 is 1.00 bits per heavy atom. The van der Waals surface area contributed by atoms with Gasteiger partial charge in [-0.1, -0.05) is 42.5 Å². The zero-order valence-corrected chi connectivity index (χ0v) is 15.1. The first-order chi connectivity index (χ1) is 13.6. The summed E-state index contributed by atoms with van der Waals surface area (Å²) in [7, 11) is 0. The molecule has 0 aliphatic rings. The molecule has 0 radical (unpaired) electrons. The maximum atomic E-state index is 12.1. The van der Waals surface area contributed by atoms with Gasteiger partial charge in [0.15, 0.2) is 0 Å². The largest absolute Gasteiger partial charge is 0.473 e. The predicted molar refractivity (Wildman–Crippen MR) is 104 cm³/mol. The van der Waals surface area contributed by atoms with Gasteiger partial charge in [0.1, 0.15) is 6.61 Å². The van der Waals surface area contributed by atoms with Gasteiger partial charge in [0.2, 0.25) is 11.8 Å². The fourth-order valence-corrected chi connectivity index (χ4v) is 2.55. The number of hydrogen-bond acceptors (Lipinski definition) is 5. The van der Waals surface area contributed by atoms with Gasteiger partial charge in [-0.05, 0) is 22.8 Å². The smallest absolute Gasteiger partial charge is 0.269 e. The molecule has 0 fully saturated rings. The van der Waals surface area contributed by atoms with Crippen molar-refractivity contribution in [1.29, 1.82) is 0 Å². The molecule has 0 saturated carbocycles. The fraction of sp³-hybridized carbons (Fsp3) is 0.143. The van der Waals surface area contributed by atoms with Crippen molar-refractivity contribution >= 4 is 11.6 Å². The topological polar surface area (TPSA) is 94.4 Å². The number of benzene rings is 2. The van der Waals surface area contributed by atoms with Gasteiger partial charge in [-0.25, -0.2) is 4.98 Å². The average Bonchev–Trinajstić information content (AvgIpc) is 2.72. The molecule has 7 heteroatoms. The van der Waals surface area contributed by atoms with Crippen LogP contribution in [0.1, 0.15) is 16.7 Å². The van der Waals surface area contributed by atoms with Crippen LogP contribution in [0.25, 0.3) is 0 Å². The van der Waals surface area contributed by atoms with E-state index in [1.54, 1.807) is 24.4 Å². The van der Waals surface area contributed by atoms with Gasteiger partial charge in [-0.15, -0.1) is 0 Å². The number of pyridine rings is 1. The van der Waals surface area contributed by atoms with Crippen LogP contribution < -0.4 is 10.1 Å². The van der Waals surface area contributed by atoms with Crippen molar-refractivity contribution in [2.75, 3.05) is 0 Å². The number of nitrogens with zero attached hydrogens (tertiary/aromatic N) is 2. The molecule has 2 aromatic carbocycles. The molecule has 0 spiro atoms. The Hall–Kier alpha value is -3.74. The van der Waals surface area contributed by atoms with E-state index in [1.165, 1.54) is 12.1 Å². The number of nitro groups is 1. The van der Waals surface area contributed by atoms with E-state index in [-0.39, 0.29) is 18.0 Å². The zero-order valence-electron chi connectivity index (χ0n) is 15.1. The van der Waals surface area contributed by atoms with E-state index >= 15 is 0 Å². The molecule has 0 atom stereocenters. The minimum absolute atomic E-state index is 0.00368. The second-order valence-electron chi connectivity index (χ2n) is 6.15. The Balaban J connectivity index is 1.49. The van der Waals surface area contributed by atoms with Crippen LogP contribution in [-0.4, -0.2) is 15.8 Å². The van der Waals surface area contributed by atoms with Gasteiger partial charge in [0.05, 0.1) is 11.3 Å². The van der Waals surface area contributed by atoms with Crippen molar-refractivity contribution < 1.29 is 14.5 Å². The fourth-order valence-electron chi connectivity index (χ4n) is 2.55. The van der Waals surface area contributed by atoms with Crippen molar-refractivity contribution in [3.8, 4) is 5.88 Å². The van der Waals surface area contributed by atoms with Crippen molar-refractivity contribution in [1.82, 2.24) is 10.3 Å². The van der Waals surface area contributed by atoms with Crippen molar-refractivity contribution in [3.63, 3.8) is 0 Å². The van der Waals surface area contributed by atoms with Gasteiger partial charge in [-0.3, -0.25) is 14.9 Å². The summed E-state index contributed by atoms with van der Waals surface area (Å²) in [6, 6.07) is 19.3. The van der Waals surface area contributed by atoms with Crippen LogP contribution in [0.4, 0.5) is 5.69 Å². The number of nitrogens with one attached hydrogen (secondary N) is 1. The lowest BCUT2D eigenvalue weighted by molar-refractivity contribution is -0.384. The monoisotopic (exact) mass is 377 g/mol. The summed E-state index contributed by atoms with van der Waals surface area (Å²) >= 11 is 0. The van der Waals surface area contributed by atoms with Crippen LogP contribution in [0.5, 0.6) is 5.88 Å². The third-order valence-corrected chi connectivity index (χ3v) is 4.03. The minimum Gasteiger partial charge on any atom is -0.473 e. The number of aromatic nitrogens is 1. The second kappa shape index (κ2) is 9.27. The molecule has 0 bridgehead atoms. The second-order valence-corrected chi connectivity index (χ2v) is 6.15. The summed E-state index contributed by atoms with van der Waals surface area (Å²) in [6.45, 7) is 0.764. The highest BCUT2D eigenvalue weighted by Crippen LogP contribution is 2.13. The number of amides is 1. The van der Waals surface area contributed by atoms with E-state index in [9.17, 15) is 14.9 Å². The highest BCUT2D eigenvalue weighted by molar-refractivity contribution is 5.78. The molecule has 1 N–H and O–H groups in total. The molecular formula is C21H19N3O4. The first kappa shape index (κ1) is 19.0. The predicted octanol–water partition coefficient (Wildman–Crippen LogP) is 3.43. The third-order valence-electron chi connectivity index (χ3n) is 4.03. The summed E-state index contributed by atoms with van der Waals surface area (Å²) in [5.41, 5.74) is 2.63. The van der Waals surface area contributed by atoms with Gasteiger partial charge < -0.3 is 10.1 Å². The van der Waals surface area contributed by atoms with Gasteiger partial charge >= 0.3 is 0 Å². The van der Waals surface area contributed by atoms with Crippen molar-refractivity contribution in [2.24, 2.45) is 0 Å². The van der Waals surface area contributed by atoms with E-state index in [2.05, 4.69) is 10.3 Å². The molecule has 3 aromatic rings. The van der Waals surface area contributed by atoms with E-state index in [1.807, 2.05) is 36.4 Å². The summed E-state index contributed by atoms with van der Waals surface area (Å²) in [6.07, 6.45) is 1.79. The number of carbonyl (C=O) groups is 1. The quantitative estimate of drug-likeness (QED) is 0.479. The number of ether oxygens (including phenoxy) is 1. The van der Waals surface area contributed by atoms with Gasteiger partial charge in [-0.2, -0.15) is 0 Å². The molecule has 1 heterocycles. The number of carbonyl (C=O) groups excluding carboxylic acids is 1. The summed E-state index contributed by atoms with van der Waals surface area (Å²) in [5.74, 6) is 0.323. The summed E-state index contributed by atoms with van der Waals surface area (Å²) < 4.78 is 5.69. The number of non-ortho nitro benzene ring substituents is 1. The Morgan fingerprint density at radius 2 is 1.75 bits per heavy atom. The standard InChI is InChI=1S/C21H19N3O4/c25-20(12-16-6-8-19(9-7-16)24(26)27)23-14-18-10-11-22-21(13-18)28-15-17-4-2-1-3-5-17/h1-11,13H,12,14-15H2,(H,23,25). The molecular weight excluding hydrogens is 358 g/mol. The normalized spacial score (nSPS) is 10.3. The molecule has 7 nitrogen and oxygen atoms in total.